The van der Waals surface area contributed by atoms with E-state index in [0.29, 0.717) is 24.2 Å². The molecule has 0 saturated carbocycles. The van der Waals surface area contributed by atoms with Crippen LogP contribution in [0.4, 0.5) is 0 Å². The largest absolute Gasteiger partial charge is 0.349 e. The SMILES string of the molecule is Cc1ccc([C@H](C(=O)NC(C)(C)C)N2Cc3cc4ccccc4cc3C2=O)cc1.Cc1ccc([C@H](C(=O)NC(C)(C)C)N2Cc3cc4ccccc4cc3C2=O)cc1. The van der Waals surface area contributed by atoms with Gasteiger partial charge in [0.1, 0.15) is 12.1 Å². The predicted octanol–water partition coefficient (Wildman–Crippen LogP) is 9.52. The van der Waals surface area contributed by atoms with Gasteiger partial charge >= 0.3 is 0 Å². The molecule has 0 saturated heterocycles. The second kappa shape index (κ2) is 15.6. The van der Waals surface area contributed by atoms with Crippen molar-refractivity contribution in [1.82, 2.24) is 20.4 Å². The van der Waals surface area contributed by atoms with Gasteiger partial charge in [-0.2, -0.15) is 0 Å². The maximum absolute atomic E-state index is 13.3. The van der Waals surface area contributed by atoms with Gasteiger partial charge in [-0.3, -0.25) is 19.2 Å². The van der Waals surface area contributed by atoms with Crippen LogP contribution in [-0.2, 0) is 22.7 Å². The van der Waals surface area contributed by atoms with Crippen molar-refractivity contribution < 1.29 is 19.2 Å². The van der Waals surface area contributed by atoms with E-state index < -0.39 is 12.1 Å². The van der Waals surface area contributed by atoms with Crippen molar-refractivity contribution >= 4 is 45.2 Å². The second-order valence-electron chi connectivity index (χ2n) is 17.7. The van der Waals surface area contributed by atoms with Crippen LogP contribution >= 0.6 is 0 Å². The number of carbonyl (C=O) groups excluding carboxylic acids is 4. The van der Waals surface area contributed by atoms with Crippen LogP contribution in [0.3, 0.4) is 0 Å². The molecule has 0 unspecified atom stereocenters. The Hall–Kier alpha value is -6.28. The lowest BCUT2D eigenvalue weighted by molar-refractivity contribution is -0.128. The molecule has 0 radical (unpaired) electrons. The first-order chi connectivity index (χ1) is 27.5. The Bertz CT molecular complexity index is 2370. The van der Waals surface area contributed by atoms with Crippen LogP contribution in [0.2, 0.25) is 0 Å². The van der Waals surface area contributed by atoms with Crippen LogP contribution < -0.4 is 10.6 Å². The van der Waals surface area contributed by atoms with Gasteiger partial charge in [0.15, 0.2) is 0 Å². The fraction of sp³-hybridized carbons (Fsp3) is 0.280. The van der Waals surface area contributed by atoms with Crippen molar-refractivity contribution in [1.29, 1.82) is 0 Å². The standard InChI is InChI=1S/2C25H26N2O2/c2*1-16-9-11-17(12-10-16)22(23(28)26-25(2,3)4)27-15-20-13-18-7-5-6-8-19(18)14-21(20)24(27)29/h2*5-14,22H,15H2,1-4H3,(H,26,28)/t2*22-/m11/s1. The molecule has 6 aromatic rings. The number of hydrogen-bond donors (Lipinski definition) is 2. The van der Waals surface area contributed by atoms with Gasteiger partial charge in [-0.15, -0.1) is 0 Å². The molecule has 4 amide bonds. The van der Waals surface area contributed by atoms with Crippen LogP contribution in [0.5, 0.6) is 0 Å². The average molecular weight is 773 g/mol. The third-order valence-electron chi connectivity index (χ3n) is 10.5. The Kier molecular flexibility index (Phi) is 10.7. The molecule has 8 heteroatoms. The van der Waals surface area contributed by atoms with Crippen LogP contribution in [0.1, 0.15) is 108 Å². The summed E-state index contributed by atoms with van der Waals surface area (Å²) in [5.41, 5.74) is 6.41. The van der Waals surface area contributed by atoms with Gasteiger partial charge in [0, 0.05) is 35.3 Å². The van der Waals surface area contributed by atoms with Crippen molar-refractivity contribution in [3.05, 3.63) is 166 Å². The van der Waals surface area contributed by atoms with E-state index in [-0.39, 0.29) is 34.7 Å². The quantitative estimate of drug-likeness (QED) is 0.176. The van der Waals surface area contributed by atoms with Crippen LogP contribution in [0, 0.1) is 13.8 Å². The Morgan fingerprint density at radius 1 is 0.500 bits per heavy atom. The zero-order valence-corrected chi connectivity index (χ0v) is 34.6. The number of hydrogen-bond acceptors (Lipinski definition) is 4. The van der Waals surface area contributed by atoms with Gasteiger partial charge in [-0.1, -0.05) is 108 Å². The Balaban J connectivity index is 0.000000177. The smallest absolute Gasteiger partial charge is 0.255 e. The molecule has 2 N–H and O–H groups in total. The highest BCUT2D eigenvalue weighted by atomic mass is 16.2. The fourth-order valence-corrected chi connectivity index (χ4v) is 7.79. The van der Waals surface area contributed by atoms with E-state index in [1.54, 1.807) is 9.80 Å². The van der Waals surface area contributed by atoms with E-state index in [2.05, 4.69) is 22.8 Å². The first-order valence-corrected chi connectivity index (χ1v) is 19.9. The molecule has 0 bridgehead atoms. The van der Waals surface area contributed by atoms with Crippen molar-refractivity contribution in [3.8, 4) is 0 Å². The summed E-state index contributed by atoms with van der Waals surface area (Å²) in [5.74, 6) is -0.514. The first-order valence-electron chi connectivity index (χ1n) is 19.9. The second-order valence-corrected chi connectivity index (χ2v) is 17.7. The topological polar surface area (TPSA) is 98.8 Å². The predicted molar refractivity (Wildman–Crippen MR) is 231 cm³/mol. The van der Waals surface area contributed by atoms with Crippen molar-refractivity contribution in [2.45, 2.75) is 91.6 Å². The number of aryl methyl sites for hydroxylation is 2. The van der Waals surface area contributed by atoms with Crippen LogP contribution in [0.25, 0.3) is 21.5 Å². The van der Waals surface area contributed by atoms with Gasteiger partial charge in [0.05, 0.1) is 0 Å². The summed E-state index contributed by atoms with van der Waals surface area (Å²) in [4.78, 5) is 56.6. The minimum atomic E-state index is -0.669. The number of nitrogens with one attached hydrogen (secondary N) is 2. The van der Waals surface area contributed by atoms with Crippen molar-refractivity contribution in [3.63, 3.8) is 0 Å². The molecule has 0 aliphatic carbocycles. The molecule has 0 fully saturated rings. The number of benzene rings is 6. The van der Waals surface area contributed by atoms with Gasteiger partial charge in [-0.25, -0.2) is 0 Å². The van der Waals surface area contributed by atoms with Gasteiger partial charge in [0.25, 0.3) is 11.8 Å². The number of carbonyl (C=O) groups is 4. The molecule has 8 rings (SSSR count). The molecule has 58 heavy (non-hydrogen) atoms. The molecule has 0 spiro atoms. The molecule has 0 aromatic heterocycles. The maximum Gasteiger partial charge on any atom is 0.255 e. The Labute approximate surface area is 341 Å². The summed E-state index contributed by atoms with van der Waals surface area (Å²) in [6.07, 6.45) is 0. The zero-order chi connectivity index (χ0) is 41.5. The minimum Gasteiger partial charge on any atom is -0.349 e. The molecule has 8 nitrogen and oxygen atoms in total. The van der Waals surface area contributed by atoms with Crippen molar-refractivity contribution in [2.75, 3.05) is 0 Å². The highest BCUT2D eigenvalue weighted by Crippen LogP contribution is 2.36. The molecule has 2 heterocycles. The number of amides is 4. The summed E-state index contributed by atoms with van der Waals surface area (Å²) in [6.45, 7) is 16.6. The molecule has 296 valence electrons. The van der Waals surface area contributed by atoms with Gasteiger partial charge in [-0.05, 0) is 123 Å². The number of nitrogens with zero attached hydrogens (tertiary/aromatic N) is 2. The highest BCUT2D eigenvalue weighted by Gasteiger charge is 2.40. The third kappa shape index (κ3) is 8.52. The summed E-state index contributed by atoms with van der Waals surface area (Å²) >= 11 is 0. The van der Waals surface area contributed by atoms with Crippen LogP contribution in [-0.4, -0.2) is 44.5 Å². The summed E-state index contributed by atoms with van der Waals surface area (Å²) in [7, 11) is 0. The first kappa shape index (κ1) is 39.9. The monoisotopic (exact) mass is 772 g/mol. The molecule has 2 aliphatic rings. The Morgan fingerprint density at radius 2 is 0.810 bits per heavy atom. The maximum atomic E-state index is 13.3. The lowest BCUT2D eigenvalue weighted by atomic mass is 10.0. The van der Waals surface area contributed by atoms with E-state index in [0.717, 1.165) is 54.9 Å². The molecular weight excluding hydrogens is 721 g/mol. The van der Waals surface area contributed by atoms with E-state index in [9.17, 15) is 19.2 Å². The number of rotatable bonds is 6. The molecule has 2 aliphatic heterocycles. The molecule has 2 atom stereocenters. The number of fused-ring (bicyclic) bond motifs is 4. The molecular formula is C50H52N4O4. The highest BCUT2D eigenvalue weighted by molar-refractivity contribution is 6.06. The lowest BCUT2D eigenvalue weighted by Crippen LogP contribution is -2.47. The summed E-state index contributed by atoms with van der Waals surface area (Å²) < 4.78 is 0. The van der Waals surface area contributed by atoms with E-state index in [1.165, 1.54) is 0 Å². The third-order valence-corrected chi connectivity index (χ3v) is 10.5. The Morgan fingerprint density at radius 3 is 1.12 bits per heavy atom. The fourth-order valence-electron chi connectivity index (χ4n) is 7.79. The lowest BCUT2D eigenvalue weighted by Gasteiger charge is -2.31. The van der Waals surface area contributed by atoms with E-state index in [1.807, 2.05) is 165 Å². The summed E-state index contributed by atoms with van der Waals surface area (Å²) in [6, 6.07) is 38.4. The summed E-state index contributed by atoms with van der Waals surface area (Å²) in [5, 5.41) is 10.4. The van der Waals surface area contributed by atoms with Gasteiger partial charge in [0.2, 0.25) is 11.8 Å². The van der Waals surface area contributed by atoms with E-state index >= 15 is 0 Å². The normalized spacial score (nSPS) is 14.8. The molecule has 6 aromatic carbocycles. The van der Waals surface area contributed by atoms with Gasteiger partial charge < -0.3 is 20.4 Å². The minimum absolute atomic E-state index is 0.0969. The van der Waals surface area contributed by atoms with Crippen molar-refractivity contribution in [2.24, 2.45) is 0 Å². The zero-order valence-electron chi connectivity index (χ0n) is 34.6. The average Bonchev–Trinajstić information content (AvgIpc) is 3.64. The van der Waals surface area contributed by atoms with E-state index in [4.69, 9.17) is 0 Å². The van der Waals surface area contributed by atoms with Crippen LogP contribution in [0.15, 0.2) is 121 Å².